The Morgan fingerprint density at radius 3 is 1.81 bits per heavy atom. The van der Waals surface area contributed by atoms with Gasteiger partial charge in [0.1, 0.15) is 24.9 Å². The summed E-state index contributed by atoms with van der Waals surface area (Å²) >= 11 is 0. The van der Waals surface area contributed by atoms with Crippen molar-refractivity contribution in [1.29, 1.82) is 0 Å². The number of nitrogens with one attached hydrogen (secondary N) is 1. The normalized spacial score (nSPS) is 13.0. The van der Waals surface area contributed by atoms with Gasteiger partial charge in [0.05, 0.1) is 47.8 Å². The summed E-state index contributed by atoms with van der Waals surface area (Å²) in [5.74, 6) is -1.57. The maximum Gasteiger partial charge on any atom is 0.267 e. The van der Waals surface area contributed by atoms with E-state index in [-0.39, 0.29) is 19.0 Å². The van der Waals surface area contributed by atoms with Gasteiger partial charge in [0.2, 0.25) is 5.91 Å². The first-order chi connectivity index (χ1) is 16.5. The van der Waals surface area contributed by atoms with E-state index in [9.17, 15) is 28.2 Å². The molecule has 0 aliphatic carbocycles. The molecule has 1 unspecified atom stereocenters. The standard InChI is InChI=1S/C20H42N2O5S.C5H11NO2/c1-4-5-6-7-8-9-10-11-12-14-20(24)21-15-13-16-22(2,3)17-19(23)18-28(25,26)27;1-6(2,3)4-5(7)8/h19,23H,4-18H2,1-3H3,(H-,21,24,25,26,27);4H2,1-3H3/p+1. The lowest BCUT2D eigenvalue weighted by Gasteiger charge is -2.31. The summed E-state index contributed by atoms with van der Waals surface area (Å²) in [6.45, 7) is 3.79. The molecule has 0 bridgehead atoms. The lowest BCUT2D eigenvalue weighted by Crippen LogP contribution is -2.48. The molecule has 3 N–H and O–H groups in total. The van der Waals surface area contributed by atoms with Crippen molar-refractivity contribution in [1.82, 2.24) is 5.32 Å². The number of rotatable bonds is 20. The van der Waals surface area contributed by atoms with Gasteiger partial charge in [-0.3, -0.25) is 9.35 Å². The quantitative estimate of drug-likeness (QED) is 0.119. The van der Waals surface area contributed by atoms with E-state index in [2.05, 4.69) is 12.2 Å². The summed E-state index contributed by atoms with van der Waals surface area (Å²) in [7, 11) is 5.01. The van der Waals surface area contributed by atoms with Gasteiger partial charge in [0.25, 0.3) is 10.1 Å². The van der Waals surface area contributed by atoms with E-state index < -0.39 is 27.9 Å². The minimum absolute atomic E-state index is 0.0694. The number of carboxylic acids is 1. The van der Waals surface area contributed by atoms with Crippen LogP contribution in [0.4, 0.5) is 0 Å². The molecule has 0 aliphatic rings. The Bertz CT molecular complexity index is 692. The molecule has 0 aromatic carbocycles. The average molecular weight is 541 g/mol. The largest absolute Gasteiger partial charge is 0.544 e. The van der Waals surface area contributed by atoms with Crippen LogP contribution < -0.4 is 10.4 Å². The predicted molar refractivity (Wildman–Crippen MR) is 142 cm³/mol. The summed E-state index contributed by atoms with van der Waals surface area (Å²) < 4.78 is 31.2. The molecule has 0 aliphatic heterocycles. The average Bonchev–Trinajstić information content (AvgIpc) is 2.66. The third-order valence-corrected chi connectivity index (χ3v) is 6.29. The van der Waals surface area contributed by atoms with Crippen LogP contribution >= 0.6 is 0 Å². The molecule has 0 aromatic rings. The summed E-state index contributed by atoms with van der Waals surface area (Å²) in [5, 5.41) is 22.6. The minimum atomic E-state index is -4.17. The van der Waals surface area contributed by atoms with Crippen molar-refractivity contribution in [3.63, 3.8) is 0 Å². The Labute approximate surface area is 220 Å². The third kappa shape index (κ3) is 30.8. The molecule has 1 atom stereocenters. The predicted octanol–water partition coefficient (Wildman–Crippen LogP) is 1.18. The molecule has 0 spiro atoms. The topological polar surface area (TPSA) is 144 Å². The molecule has 11 heteroatoms. The first-order valence-electron chi connectivity index (χ1n) is 13.2. The highest BCUT2D eigenvalue weighted by molar-refractivity contribution is 7.85. The minimum Gasteiger partial charge on any atom is -0.544 e. The van der Waals surface area contributed by atoms with Gasteiger partial charge in [-0.05, 0) is 6.42 Å². The van der Waals surface area contributed by atoms with Gasteiger partial charge in [-0.25, -0.2) is 0 Å². The van der Waals surface area contributed by atoms with Crippen LogP contribution in [0.25, 0.3) is 0 Å². The zero-order chi connectivity index (χ0) is 28.3. The van der Waals surface area contributed by atoms with Gasteiger partial charge in [-0.2, -0.15) is 8.42 Å². The number of hydrogen-bond donors (Lipinski definition) is 3. The first-order valence-corrected chi connectivity index (χ1v) is 14.8. The number of aliphatic hydroxyl groups is 1. The summed E-state index contributed by atoms with van der Waals surface area (Å²) in [6, 6.07) is 0. The molecule has 0 radical (unpaired) electrons. The van der Waals surface area contributed by atoms with E-state index in [0.717, 1.165) is 19.3 Å². The highest BCUT2D eigenvalue weighted by atomic mass is 32.2. The van der Waals surface area contributed by atoms with Crippen molar-refractivity contribution in [2.24, 2.45) is 0 Å². The van der Waals surface area contributed by atoms with E-state index in [1.165, 1.54) is 44.9 Å². The van der Waals surface area contributed by atoms with E-state index in [1.807, 2.05) is 14.1 Å². The number of quaternary nitrogens is 2. The number of carbonyl (C=O) groups is 2. The number of amides is 1. The fourth-order valence-corrected chi connectivity index (χ4v) is 4.36. The van der Waals surface area contributed by atoms with Crippen LogP contribution in [-0.2, 0) is 19.7 Å². The molecular formula is C25H54N3O7S+. The number of hydrogen-bond acceptors (Lipinski definition) is 6. The molecule has 0 rings (SSSR count). The van der Waals surface area contributed by atoms with Gasteiger partial charge < -0.3 is 29.3 Å². The number of unbranched alkanes of at least 4 members (excludes halogenated alkanes) is 8. The number of likely N-dealkylation sites (N-methyl/N-ethyl adjacent to an activating group) is 2. The fraction of sp³-hybridized carbons (Fsp3) is 0.920. The fourth-order valence-electron chi connectivity index (χ4n) is 3.76. The van der Waals surface area contributed by atoms with Crippen molar-refractivity contribution in [3.8, 4) is 0 Å². The van der Waals surface area contributed by atoms with Crippen molar-refractivity contribution in [2.75, 3.05) is 67.2 Å². The van der Waals surface area contributed by atoms with Crippen molar-refractivity contribution < 1.29 is 41.7 Å². The monoisotopic (exact) mass is 540 g/mol. The second kappa shape index (κ2) is 19.8. The maximum atomic E-state index is 11.9. The molecule has 216 valence electrons. The van der Waals surface area contributed by atoms with E-state index >= 15 is 0 Å². The highest BCUT2D eigenvalue weighted by Crippen LogP contribution is 2.10. The van der Waals surface area contributed by atoms with Crippen molar-refractivity contribution in [2.45, 2.75) is 83.7 Å². The van der Waals surface area contributed by atoms with Crippen LogP contribution in [0.2, 0.25) is 0 Å². The third-order valence-electron chi connectivity index (χ3n) is 5.48. The Morgan fingerprint density at radius 2 is 1.39 bits per heavy atom. The lowest BCUT2D eigenvalue weighted by molar-refractivity contribution is -0.893. The van der Waals surface area contributed by atoms with E-state index in [0.29, 0.717) is 28.5 Å². The molecule has 0 heterocycles. The molecular weight excluding hydrogens is 486 g/mol. The summed E-state index contributed by atoms with van der Waals surface area (Å²) in [6.07, 6.45) is 11.3. The number of nitrogens with zero attached hydrogens (tertiary/aromatic N) is 2. The second-order valence-electron chi connectivity index (χ2n) is 11.3. The van der Waals surface area contributed by atoms with Crippen LogP contribution in [-0.4, -0.2) is 112 Å². The van der Waals surface area contributed by atoms with Gasteiger partial charge in [-0.1, -0.05) is 58.3 Å². The number of aliphatic carboxylic acids is 1. The van der Waals surface area contributed by atoms with E-state index in [4.69, 9.17) is 4.55 Å². The van der Waals surface area contributed by atoms with Crippen LogP contribution in [0.3, 0.4) is 0 Å². The maximum absolute atomic E-state index is 11.9. The highest BCUT2D eigenvalue weighted by Gasteiger charge is 2.24. The summed E-state index contributed by atoms with van der Waals surface area (Å²) in [5.41, 5.74) is 0. The molecule has 1 amide bonds. The van der Waals surface area contributed by atoms with Crippen molar-refractivity contribution >= 4 is 22.0 Å². The molecule has 0 saturated carbocycles. The Morgan fingerprint density at radius 1 is 0.889 bits per heavy atom. The number of carbonyl (C=O) groups excluding carboxylic acids is 2. The molecule has 0 aromatic heterocycles. The van der Waals surface area contributed by atoms with Crippen LogP contribution in [0.5, 0.6) is 0 Å². The molecule has 10 nitrogen and oxygen atoms in total. The van der Waals surface area contributed by atoms with Gasteiger partial charge in [0, 0.05) is 19.4 Å². The smallest absolute Gasteiger partial charge is 0.267 e. The van der Waals surface area contributed by atoms with Crippen LogP contribution in [0, 0.1) is 0 Å². The molecule has 36 heavy (non-hydrogen) atoms. The second-order valence-corrected chi connectivity index (χ2v) is 12.8. The number of carboxylic acid groups (broad SMARTS) is 1. The van der Waals surface area contributed by atoms with Crippen molar-refractivity contribution in [3.05, 3.63) is 0 Å². The lowest BCUT2D eigenvalue weighted by atomic mass is 10.1. The molecule has 0 fully saturated rings. The zero-order valence-corrected chi connectivity index (χ0v) is 24.4. The van der Waals surface area contributed by atoms with E-state index in [1.54, 1.807) is 21.1 Å². The van der Waals surface area contributed by atoms with Gasteiger partial charge in [0.15, 0.2) is 0 Å². The van der Waals surface area contributed by atoms with Crippen LogP contribution in [0.1, 0.15) is 77.6 Å². The van der Waals surface area contributed by atoms with Gasteiger partial charge >= 0.3 is 0 Å². The Balaban J connectivity index is 0. The van der Waals surface area contributed by atoms with Gasteiger partial charge in [-0.15, -0.1) is 0 Å². The Hall–Kier alpha value is -1.27. The Kier molecular flexibility index (Phi) is 20.3. The first kappa shape index (κ1) is 36.9. The summed E-state index contributed by atoms with van der Waals surface area (Å²) in [4.78, 5) is 21.7. The number of aliphatic hydroxyl groups excluding tert-OH is 1. The van der Waals surface area contributed by atoms with Crippen LogP contribution in [0.15, 0.2) is 0 Å². The molecule has 0 saturated heterocycles. The zero-order valence-electron chi connectivity index (χ0n) is 23.6. The SMILES string of the molecule is CCCCCCCCCCCC(=O)NCCC[N+](C)(C)CC(O)CS(=O)(=O)O.C[N+](C)(C)CC(=O)[O-].